The molecule has 1 heterocycles. The number of carbonyl (C=O) groups excluding carboxylic acids is 1. The Kier molecular flexibility index (Phi) is 3.21. The van der Waals surface area contributed by atoms with Gasteiger partial charge in [-0.2, -0.15) is 5.10 Å². The van der Waals surface area contributed by atoms with Crippen LogP contribution in [-0.4, -0.2) is 21.7 Å². The quantitative estimate of drug-likeness (QED) is 0.891. The molecule has 0 radical (unpaired) electrons. The molecule has 1 amide bonds. The van der Waals surface area contributed by atoms with Gasteiger partial charge in [-0.1, -0.05) is 20.8 Å². The monoisotopic (exact) mass is 249 g/mol. The minimum absolute atomic E-state index is 0.0521. The van der Waals surface area contributed by atoms with Crippen LogP contribution in [0.25, 0.3) is 0 Å². The maximum Gasteiger partial charge on any atom is 0.272 e. The van der Waals surface area contributed by atoms with Gasteiger partial charge in [0, 0.05) is 18.3 Å². The molecule has 1 aromatic heterocycles. The van der Waals surface area contributed by atoms with Gasteiger partial charge >= 0.3 is 0 Å². The van der Waals surface area contributed by atoms with Gasteiger partial charge in [-0.15, -0.1) is 0 Å². The largest absolute Gasteiger partial charge is 0.347 e. The molecule has 2 atom stereocenters. The first-order valence-electron chi connectivity index (χ1n) is 6.70. The van der Waals surface area contributed by atoms with Gasteiger partial charge in [0.1, 0.15) is 5.69 Å². The third kappa shape index (κ3) is 2.28. The van der Waals surface area contributed by atoms with E-state index < -0.39 is 0 Å². The first-order valence-corrected chi connectivity index (χ1v) is 6.70. The molecule has 4 heteroatoms. The topological polar surface area (TPSA) is 46.9 Å². The van der Waals surface area contributed by atoms with E-state index in [0.29, 0.717) is 17.7 Å². The standard InChI is InChI=1S/C14H23N3O/c1-9(2)14(5)8-12(14)15-13(18)11-6-7-17(16-11)10(3)4/h6-7,9-10,12H,8H2,1-5H3,(H,15,18). The third-order valence-corrected chi connectivity index (χ3v) is 4.27. The SMILES string of the molecule is CC(C)n1ccc(C(=O)NC2CC2(C)C(C)C)n1. The summed E-state index contributed by atoms with van der Waals surface area (Å²) in [4.78, 5) is 12.1. The summed E-state index contributed by atoms with van der Waals surface area (Å²) in [6, 6.07) is 2.37. The second-order valence-electron chi connectivity index (χ2n) is 6.17. The van der Waals surface area contributed by atoms with Crippen LogP contribution >= 0.6 is 0 Å². The average Bonchev–Trinajstić information content (AvgIpc) is 2.79. The molecule has 18 heavy (non-hydrogen) atoms. The van der Waals surface area contributed by atoms with Crippen LogP contribution in [0.15, 0.2) is 12.3 Å². The molecule has 1 aliphatic carbocycles. The van der Waals surface area contributed by atoms with Gasteiger partial charge in [0.15, 0.2) is 0 Å². The molecule has 2 rings (SSSR count). The van der Waals surface area contributed by atoms with Gasteiger partial charge in [0.05, 0.1) is 0 Å². The van der Waals surface area contributed by atoms with Crippen LogP contribution < -0.4 is 5.32 Å². The van der Waals surface area contributed by atoms with Crippen molar-refractivity contribution in [1.29, 1.82) is 0 Å². The summed E-state index contributed by atoms with van der Waals surface area (Å²) in [5, 5.41) is 7.37. The van der Waals surface area contributed by atoms with Crippen LogP contribution in [0.3, 0.4) is 0 Å². The lowest BCUT2D eigenvalue weighted by Gasteiger charge is -2.15. The minimum Gasteiger partial charge on any atom is -0.347 e. The lowest BCUT2D eigenvalue weighted by molar-refractivity contribution is 0.0937. The highest BCUT2D eigenvalue weighted by Crippen LogP contribution is 2.51. The van der Waals surface area contributed by atoms with E-state index in [1.807, 2.05) is 24.7 Å². The zero-order valence-corrected chi connectivity index (χ0v) is 11.9. The first kappa shape index (κ1) is 13.1. The van der Waals surface area contributed by atoms with E-state index >= 15 is 0 Å². The smallest absolute Gasteiger partial charge is 0.272 e. The third-order valence-electron chi connectivity index (χ3n) is 4.27. The Morgan fingerprint density at radius 3 is 2.61 bits per heavy atom. The van der Waals surface area contributed by atoms with Gasteiger partial charge in [-0.25, -0.2) is 0 Å². The van der Waals surface area contributed by atoms with Crippen molar-refractivity contribution in [3.05, 3.63) is 18.0 Å². The molecule has 1 aliphatic rings. The Labute approximate surface area is 109 Å². The Bertz CT molecular complexity index is 450. The van der Waals surface area contributed by atoms with Gasteiger partial charge < -0.3 is 5.32 Å². The van der Waals surface area contributed by atoms with Gasteiger partial charge in [0.2, 0.25) is 0 Å². The average molecular weight is 249 g/mol. The van der Waals surface area contributed by atoms with Gasteiger partial charge in [-0.3, -0.25) is 9.48 Å². The maximum atomic E-state index is 12.1. The highest BCUT2D eigenvalue weighted by atomic mass is 16.2. The number of carbonyl (C=O) groups is 1. The Morgan fingerprint density at radius 1 is 1.50 bits per heavy atom. The van der Waals surface area contributed by atoms with Crippen molar-refractivity contribution in [2.45, 2.75) is 53.1 Å². The molecular formula is C14H23N3O. The normalized spacial score (nSPS) is 26.7. The summed E-state index contributed by atoms with van der Waals surface area (Å²) in [6.45, 7) is 10.7. The molecule has 0 saturated heterocycles. The minimum atomic E-state index is -0.0521. The number of hydrogen-bond acceptors (Lipinski definition) is 2. The molecule has 1 fully saturated rings. The van der Waals surface area contributed by atoms with Crippen LogP contribution in [0.4, 0.5) is 0 Å². The van der Waals surface area contributed by atoms with Crippen LogP contribution in [0.2, 0.25) is 0 Å². The summed E-state index contributed by atoms with van der Waals surface area (Å²) in [5.41, 5.74) is 0.776. The molecule has 1 aromatic rings. The molecule has 1 saturated carbocycles. The molecule has 100 valence electrons. The molecule has 0 bridgehead atoms. The van der Waals surface area contributed by atoms with E-state index in [-0.39, 0.29) is 17.4 Å². The lowest BCUT2D eigenvalue weighted by Crippen LogP contribution is -2.30. The summed E-state index contributed by atoms with van der Waals surface area (Å²) >= 11 is 0. The fraction of sp³-hybridized carbons (Fsp3) is 0.714. The maximum absolute atomic E-state index is 12.1. The van der Waals surface area contributed by atoms with Crippen LogP contribution in [0.1, 0.15) is 57.6 Å². The van der Waals surface area contributed by atoms with E-state index in [2.05, 4.69) is 31.2 Å². The van der Waals surface area contributed by atoms with Crippen molar-refractivity contribution in [3.63, 3.8) is 0 Å². The van der Waals surface area contributed by atoms with Crippen molar-refractivity contribution in [1.82, 2.24) is 15.1 Å². The Morgan fingerprint density at radius 2 is 2.17 bits per heavy atom. The molecule has 1 N–H and O–H groups in total. The van der Waals surface area contributed by atoms with E-state index in [1.165, 1.54) is 0 Å². The van der Waals surface area contributed by atoms with Crippen molar-refractivity contribution in [2.75, 3.05) is 0 Å². The Balaban J connectivity index is 1.97. The van der Waals surface area contributed by atoms with E-state index in [4.69, 9.17) is 0 Å². The molecule has 4 nitrogen and oxygen atoms in total. The molecule has 0 aliphatic heterocycles. The number of hydrogen-bond donors (Lipinski definition) is 1. The fourth-order valence-electron chi connectivity index (χ4n) is 2.21. The van der Waals surface area contributed by atoms with Crippen LogP contribution in [0.5, 0.6) is 0 Å². The summed E-state index contributed by atoms with van der Waals surface area (Å²) in [6.07, 6.45) is 2.93. The van der Waals surface area contributed by atoms with E-state index in [1.54, 1.807) is 6.07 Å². The fourth-order valence-corrected chi connectivity index (χ4v) is 2.21. The number of nitrogens with one attached hydrogen (secondary N) is 1. The zero-order chi connectivity index (χ0) is 13.5. The van der Waals surface area contributed by atoms with Crippen LogP contribution in [-0.2, 0) is 0 Å². The number of aromatic nitrogens is 2. The van der Waals surface area contributed by atoms with Gasteiger partial charge in [-0.05, 0) is 37.7 Å². The summed E-state index contributed by atoms with van der Waals surface area (Å²) < 4.78 is 1.81. The van der Waals surface area contributed by atoms with Crippen molar-refractivity contribution < 1.29 is 4.79 Å². The highest BCUT2D eigenvalue weighted by Gasteiger charge is 2.52. The zero-order valence-electron chi connectivity index (χ0n) is 11.9. The summed E-state index contributed by atoms with van der Waals surface area (Å²) in [5.74, 6) is 0.541. The molecule has 0 aromatic carbocycles. The number of rotatable bonds is 4. The second-order valence-corrected chi connectivity index (χ2v) is 6.17. The van der Waals surface area contributed by atoms with E-state index in [0.717, 1.165) is 6.42 Å². The molecular weight excluding hydrogens is 226 g/mol. The summed E-state index contributed by atoms with van der Waals surface area (Å²) in [7, 11) is 0. The first-order chi connectivity index (χ1) is 8.34. The molecule has 2 unspecified atom stereocenters. The van der Waals surface area contributed by atoms with Crippen molar-refractivity contribution in [3.8, 4) is 0 Å². The molecule has 0 spiro atoms. The predicted octanol–water partition coefficient (Wildman–Crippen LogP) is 2.63. The second kappa shape index (κ2) is 4.41. The van der Waals surface area contributed by atoms with Crippen molar-refractivity contribution >= 4 is 5.91 Å². The van der Waals surface area contributed by atoms with Crippen LogP contribution in [0, 0.1) is 11.3 Å². The van der Waals surface area contributed by atoms with Gasteiger partial charge in [0.25, 0.3) is 5.91 Å². The number of nitrogens with zero attached hydrogens (tertiary/aromatic N) is 2. The highest BCUT2D eigenvalue weighted by molar-refractivity contribution is 5.92. The van der Waals surface area contributed by atoms with E-state index in [9.17, 15) is 4.79 Å². The Hall–Kier alpha value is -1.32. The predicted molar refractivity (Wildman–Crippen MR) is 71.4 cm³/mol. The van der Waals surface area contributed by atoms with Crippen molar-refractivity contribution in [2.24, 2.45) is 11.3 Å². The number of amides is 1. The lowest BCUT2D eigenvalue weighted by atomic mass is 9.94.